The highest BCUT2D eigenvalue weighted by Crippen LogP contribution is 2.36. The van der Waals surface area contributed by atoms with Gasteiger partial charge in [-0.1, -0.05) is 41.5 Å². The van der Waals surface area contributed by atoms with E-state index in [-0.39, 0.29) is 10.8 Å². The third-order valence-electron chi connectivity index (χ3n) is 4.54. The van der Waals surface area contributed by atoms with Crippen molar-refractivity contribution in [2.45, 2.75) is 72.3 Å². The summed E-state index contributed by atoms with van der Waals surface area (Å²) in [7, 11) is 0. The normalized spacial score (nSPS) is 17.7. The molecule has 0 aromatic carbocycles. The first-order valence-electron chi connectivity index (χ1n) is 8.99. The van der Waals surface area contributed by atoms with Crippen molar-refractivity contribution < 1.29 is 4.74 Å². The van der Waals surface area contributed by atoms with Crippen molar-refractivity contribution in [2.24, 2.45) is 0 Å². The average Bonchev–Trinajstić information content (AvgIpc) is 2.76. The average molecular weight is 322 g/mol. The van der Waals surface area contributed by atoms with E-state index in [2.05, 4.69) is 58.0 Å². The molecule has 1 saturated heterocycles. The summed E-state index contributed by atoms with van der Waals surface area (Å²) in [5, 5.41) is 4.90. The minimum atomic E-state index is 0.114. The predicted molar refractivity (Wildman–Crippen MR) is 96.2 cm³/mol. The van der Waals surface area contributed by atoms with Crippen molar-refractivity contribution >= 4 is 0 Å². The summed E-state index contributed by atoms with van der Waals surface area (Å²) in [5.41, 5.74) is 4.27. The van der Waals surface area contributed by atoms with Crippen LogP contribution in [0.25, 0.3) is 0 Å². The van der Waals surface area contributed by atoms with E-state index in [1.165, 1.54) is 17.0 Å². The molecule has 0 aliphatic carbocycles. The van der Waals surface area contributed by atoms with Crippen molar-refractivity contribution in [2.75, 3.05) is 32.8 Å². The first-order valence-corrected chi connectivity index (χ1v) is 8.99. The summed E-state index contributed by atoms with van der Waals surface area (Å²) in [6.07, 6.45) is 1.15. The molecule has 0 radical (unpaired) electrons. The smallest absolute Gasteiger partial charge is 0.0634 e. The van der Waals surface area contributed by atoms with Gasteiger partial charge in [-0.05, 0) is 18.8 Å². The van der Waals surface area contributed by atoms with Crippen LogP contribution in [0, 0.1) is 6.92 Å². The third kappa shape index (κ3) is 4.57. The van der Waals surface area contributed by atoms with E-state index in [1.54, 1.807) is 0 Å². The molecule has 1 aliphatic heterocycles. The minimum Gasteiger partial charge on any atom is -0.379 e. The largest absolute Gasteiger partial charge is 0.379 e. The van der Waals surface area contributed by atoms with Crippen LogP contribution in [0.1, 0.15) is 64.9 Å². The second kappa shape index (κ2) is 6.94. The highest BCUT2D eigenvalue weighted by Gasteiger charge is 2.31. The van der Waals surface area contributed by atoms with E-state index in [1.807, 2.05) is 0 Å². The molecular formula is C19H35N3O. The standard InChI is InChI=1S/C19H35N3O/c1-15-16(18(2,3)4)17(19(5,6)7)22(20-15)10-8-9-21-11-13-23-14-12-21/h8-14H2,1-7H3. The van der Waals surface area contributed by atoms with Crippen molar-refractivity contribution in [1.29, 1.82) is 0 Å². The number of hydrogen-bond donors (Lipinski definition) is 0. The van der Waals surface area contributed by atoms with Gasteiger partial charge in [-0.2, -0.15) is 5.10 Å². The fourth-order valence-corrected chi connectivity index (χ4v) is 3.67. The first-order chi connectivity index (χ1) is 10.6. The molecule has 4 heteroatoms. The van der Waals surface area contributed by atoms with Crippen LogP contribution in [0.15, 0.2) is 0 Å². The summed E-state index contributed by atoms with van der Waals surface area (Å²) < 4.78 is 7.70. The van der Waals surface area contributed by atoms with Gasteiger partial charge in [-0.25, -0.2) is 0 Å². The Morgan fingerprint density at radius 3 is 2.09 bits per heavy atom. The van der Waals surface area contributed by atoms with E-state index < -0.39 is 0 Å². The Kier molecular flexibility index (Phi) is 5.57. The molecule has 4 nitrogen and oxygen atoms in total. The molecule has 0 spiro atoms. The number of hydrogen-bond acceptors (Lipinski definition) is 3. The van der Waals surface area contributed by atoms with E-state index >= 15 is 0 Å². The van der Waals surface area contributed by atoms with Crippen LogP contribution in [-0.4, -0.2) is 47.5 Å². The van der Waals surface area contributed by atoms with Crippen LogP contribution in [0.5, 0.6) is 0 Å². The maximum atomic E-state index is 5.43. The Morgan fingerprint density at radius 2 is 1.57 bits per heavy atom. The Bertz CT molecular complexity index is 514. The monoisotopic (exact) mass is 321 g/mol. The van der Waals surface area contributed by atoms with Gasteiger partial charge in [-0.3, -0.25) is 9.58 Å². The molecule has 0 N–H and O–H groups in total. The molecule has 0 unspecified atom stereocenters. The van der Waals surface area contributed by atoms with Crippen LogP contribution >= 0.6 is 0 Å². The molecule has 1 fully saturated rings. The van der Waals surface area contributed by atoms with Gasteiger partial charge in [0.05, 0.1) is 18.9 Å². The lowest BCUT2D eigenvalue weighted by Crippen LogP contribution is -2.37. The molecule has 1 aromatic rings. The van der Waals surface area contributed by atoms with E-state index in [0.29, 0.717) is 0 Å². The quantitative estimate of drug-likeness (QED) is 0.850. The van der Waals surface area contributed by atoms with Crippen molar-refractivity contribution in [3.8, 4) is 0 Å². The van der Waals surface area contributed by atoms with Gasteiger partial charge >= 0.3 is 0 Å². The molecule has 1 aliphatic rings. The molecule has 23 heavy (non-hydrogen) atoms. The fourth-order valence-electron chi connectivity index (χ4n) is 3.67. The van der Waals surface area contributed by atoms with Gasteiger partial charge in [-0.15, -0.1) is 0 Å². The number of aryl methyl sites for hydroxylation is 2. The summed E-state index contributed by atoms with van der Waals surface area (Å²) in [4.78, 5) is 2.50. The Morgan fingerprint density at radius 1 is 0.957 bits per heavy atom. The zero-order valence-corrected chi connectivity index (χ0v) is 16.2. The molecule has 2 heterocycles. The van der Waals surface area contributed by atoms with Gasteiger partial charge < -0.3 is 4.74 Å². The molecule has 0 bridgehead atoms. The molecule has 2 rings (SSSR count). The molecular weight excluding hydrogens is 286 g/mol. The lowest BCUT2D eigenvalue weighted by Gasteiger charge is -2.29. The SMILES string of the molecule is Cc1nn(CCCN2CCOCC2)c(C(C)(C)C)c1C(C)(C)C. The molecule has 0 amide bonds. The highest BCUT2D eigenvalue weighted by atomic mass is 16.5. The highest BCUT2D eigenvalue weighted by molar-refractivity contribution is 5.36. The third-order valence-corrected chi connectivity index (χ3v) is 4.54. The molecule has 132 valence electrons. The summed E-state index contributed by atoms with van der Waals surface area (Å²) in [6, 6.07) is 0. The lowest BCUT2D eigenvalue weighted by molar-refractivity contribution is 0.0367. The van der Waals surface area contributed by atoms with E-state index in [9.17, 15) is 0 Å². The minimum absolute atomic E-state index is 0.114. The maximum absolute atomic E-state index is 5.43. The maximum Gasteiger partial charge on any atom is 0.0634 e. The first kappa shape index (κ1) is 18.5. The number of nitrogens with zero attached hydrogens (tertiary/aromatic N) is 3. The van der Waals surface area contributed by atoms with Crippen molar-refractivity contribution in [3.05, 3.63) is 17.0 Å². The summed E-state index contributed by atoms with van der Waals surface area (Å²) >= 11 is 0. The predicted octanol–water partition coefficient (Wildman–Crippen LogP) is 3.51. The van der Waals surface area contributed by atoms with Crippen molar-refractivity contribution in [1.82, 2.24) is 14.7 Å². The van der Waals surface area contributed by atoms with Crippen LogP contribution in [-0.2, 0) is 22.1 Å². The second-order valence-electron chi connectivity index (χ2n) is 8.84. The molecule has 0 atom stereocenters. The topological polar surface area (TPSA) is 30.3 Å². The number of aromatic nitrogens is 2. The van der Waals surface area contributed by atoms with Gasteiger partial charge in [0.15, 0.2) is 0 Å². The fraction of sp³-hybridized carbons (Fsp3) is 0.842. The number of rotatable bonds is 4. The Hall–Kier alpha value is -0.870. The van der Waals surface area contributed by atoms with Crippen LogP contribution < -0.4 is 0 Å². The van der Waals surface area contributed by atoms with Gasteiger partial charge in [0, 0.05) is 42.9 Å². The Labute approximate surface area is 142 Å². The zero-order valence-electron chi connectivity index (χ0n) is 16.2. The summed E-state index contributed by atoms with van der Waals surface area (Å²) in [5.74, 6) is 0. The van der Waals surface area contributed by atoms with Gasteiger partial charge in [0.1, 0.15) is 0 Å². The van der Waals surface area contributed by atoms with E-state index in [4.69, 9.17) is 9.84 Å². The Balaban J connectivity index is 2.14. The summed E-state index contributed by atoms with van der Waals surface area (Å²) in [6.45, 7) is 22.0. The van der Waals surface area contributed by atoms with Crippen molar-refractivity contribution in [3.63, 3.8) is 0 Å². The second-order valence-corrected chi connectivity index (χ2v) is 8.84. The number of ether oxygens (including phenoxy) is 1. The number of morpholine rings is 1. The molecule has 0 saturated carbocycles. The molecule has 1 aromatic heterocycles. The van der Waals surface area contributed by atoms with Crippen LogP contribution in [0.4, 0.5) is 0 Å². The zero-order chi connectivity index (χ0) is 17.3. The van der Waals surface area contributed by atoms with E-state index in [0.717, 1.165) is 45.8 Å². The van der Waals surface area contributed by atoms with Crippen LogP contribution in [0.3, 0.4) is 0 Å². The van der Waals surface area contributed by atoms with Gasteiger partial charge in [0.25, 0.3) is 0 Å². The van der Waals surface area contributed by atoms with Gasteiger partial charge in [0.2, 0.25) is 0 Å². The lowest BCUT2D eigenvalue weighted by atomic mass is 9.78. The van der Waals surface area contributed by atoms with Crippen LogP contribution in [0.2, 0.25) is 0 Å².